The van der Waals surface area contributed by atoms with Crippen LogP contribution in [0.25, 0.3) is 10.8 Å². The summed E-state index contributed by atoms with van der Waals surface area (Å²) >= 11 is 1.22. The topological polar surface area (TPSA) is 105 Å². The second-order valence-electron chi connectivity index (χ2n) is 5.23. The smallest absolute Gasteiger partial charge is 0.350 e. The number of rotatable bonds is 3. The number of aromatic nitrogens is 4. The molecule has 0 amide bonds. The number of nitrogens with zero attached hydrogens (tertiary/aromatic N) is 4. The number of ether oxygens (including phenoxy) is 1. The Bertz CT molecular complexity index is 703. The number of nitriles is 1. The lowest BCUT2D eigenvalue weighted by molar-refractivity contribution is 0.0112. The van der Waals surface area contributed by atoms with Crippen molar-refractivity contribution in [3.05, 3.63) is 16.9 Å². The second-order valence-corrected chi connectivity index (χ2v) is 6.23. The van der Waals surface area contributed by atoms with Crippen LogP contribution in [0.4, 0.5) is 0 Å². The number of H-pyrrole nitrogens is 1. The van der Waals surface area contributed by atoms with Crippen LogP contribution >= 0.6 is 11.3 Å². The summed E-state index contributed by atoms with van der Waals surface area (Å²) in [5.74, 6) is -0.0905. The zero-order chi connectivity index (χ0) is 15.5. The van der Waals surface area contributed by atoms with Crippen molar-refractivity contribution in [3.8, 4) is 16.9 Å². The number of carbonyl (C=O) groups is 1. The Hall–Kier alpha value is -2.27. The van der Waals surface area contributed by atoms with Crippen molar-refractivity contribution >= 4 is 17.3 Å². The molecular formula is C14H15N5O2S. The Morgan fingerprint density at radius 3 is 3.05 bits per heavy atom. The van der Waals surface area contributed by atoms with E-state index in [2.05, 4.69) is 26.2 Å². The van der Waals surface area contributed by atoms with Gasteiger partial charge in [-0.2, -0.15) is 10.4 Å². The quantitative estimate of drug-likeness (QED) is 0.872. The Morgan fingerprint density at radius 1 is 1.50 bits per heavy atom. The van der Waals surface area contributed by atoms with Gasteiger partial charge in [0.05, 0.1) is 17.7 Å². The maximum absolute atomic E-state index is 12.4. The maximum Gasteiger partial charge on any atom is 0.350 e. The van der Waals surface area contributed by atoms with E-state index in [0.29, 0.717) is 21.4 Å². The molecule has 22 heavy (non-hydrogen) atoms. The number of hydrogen-bond acceptors (Lipinski definition) is 7. The highest BCUT2D eigenvalue weighted by Crippen LogP contribution is 2.30. The monoisotopic (exact) mass is 317 g/mol. The Balaban J connectivity index is 1.76. The van der Waals surface area contributed by atoms with Crippen LogP contribution < -0.4 is 0 Å². The molecule has 2 atom stereocenters. The van der Waals surface area contributed by atoms with Gasteiger partial charge < -0.3 is 4.74 Å². The molecular weight excluding hydrogens is 302 g/mol. The largest absolute Gasteiger partial charge is 0.457 e. The van der Waals surface area contributed by atoms with Crippen LogP contribution in [0.5, 0.6) is 0 Å². The van der Waals surface area contributed by atoms with Crippen LogP contribution in [-0.2, 0) is 4.74 Å². The summed E-state index contributed by atoms with van der Waals surface area (Å²) in [5.41, 5.74) is 0.603. The first-order chi connectivity index (χ1) is 10.7. The van der Waals surface area contributed by atoms with Crippen LogP contribution in [0, 0.1) is 24.2 Å². The molecule has 0 radical (unpaired) electrons. The zero-order valence-electron chi connectivity index (χ0n) is 12.1. The minimum atomic E-state index is -0.409. The van der Waals surface area contributed by atoms with Crippen molar-refractivity contribution in [1.29, 1.82) is 5.26 Å². The van der Waals surface area contributed by atoms with Gasteiger partial charge in [-0.25, -0.2) is 14.8 Å². The van der Waals surface area contributed by atoms with Gasteiger partial charge in [0.15, 0.2) is 10.8 Å². The third-order valence-corrected chi connectivity index (χ3v) is 4.87. The van der Waals surface area contributed by atoms with E-state index in [1.165, 1.54) is 17.7 Å². The van der Waals surface area contributed by atoms with E-state index in [1.807, 2.05) is 0 Å². The lowest BCUT2D eigenvalue weighted by atomic mass is 9.87. The minimum Gasteiger partial charge on any atom is -0.457 e. The molecule has 2 aromatic heterocycles. The number of nitrogens with one attached hydrogen (secondary N) is 1. The van der Waals surface area contributed by atoms with Crippen LogP contribution in [-0.4, -0.2) is 32.2 Å². The van der Waals surface area contributed by atoms with Crippen molar-refractivity contribution in [2.45, 2.75) is 38.7 Å². The molecule has 0 aromatic carbocycles. The van der Waals surface area contributed by atoms with E-state index in [-0.39, 0.29) is 12.0 Å². The van der Waals surface area contributed by atoms with E-state index in [9.17, 15) is 4.79 Å². The fourth-order valence-electron chi connectivity index (χ4n) is 2.57. The number of carbonyl (C=O) groups excluding carboxylic acids is 1. The Morgan fingerprint density at radius 2 is 2.32 bits per heavy atom. The van der Waals surface area contributed by atoms with Gasteiger partial charge in [-0.05, 0) is 26.2 Å². The van der Waals surface area contributed by atoms with Gasteiger partial charge in [-0.1, -0.05) is 6.42 Å². The van der Waals surface area contributed by atoms with Crippen LogP contribution in [0.3, 0.4) is 0 Å². The second kappa shape index (κ2) is 6.23. The summed E-state index contributed by atoms with van der Waals surface area (Å²) < 4.78 is 5.56. The number of thiazole rings is 1. The summed E-state index contributed by atoms with van der Waals surface area (Å²) in [6.07, 6.45) is 4.61. The molecule has 1 fully saturated rings. The lowest BCUT2D eigenvalue weighted by Gasteiger charge is -2.26. The number of hydrogen-bond donors (Lipinski definition) is 1. The maximum atomic E-state index is 12.4. The first kappa shape index (κ1) is 14.7. The Kier molecular flexibility index (Phi) is 4.15. The fourth-order valence-corrected chi connectivity index (χ4v) is 3.47. The van der Waals surface area contributed by atoms with Crippen molar-refractivity contribution in [2.75, 3.05) is 0 Å². The molecule has 1 N–H and O–H groups in total. The van der Waals surface area contributed by atoms with Gasteiger partial charge >= 0.3 is 5.97 Å². The van der Waals surface area contributed by atoms with Crippen LogP contribution in [0.1, 0.15) is 41.0 Å². The molecule has 1 aliphatic carbocycles. The van der Waals surface area contributed by atoms with Crippen molar-refractivity contribution in [2.24, 2.45) is 5.92 Å². The SMILES string of the molecule is Cc1nc(-c2ncn[nH]2)sc1C(=O)O[C@H]1CCCC[C@H]1C#N. The van der Waals surface area contributed by atoms with Gasteiger partial charge in [0.25, 0.3) is 0 Å². The highest BCUT2D eigenvalue weighted by Gasteiger charge is 2.30. The molecule has 3 rings (SSSR count). The standard InChI is InChI=1S/C14H15N5O2S/c1-8-11(22-13(18-8)12-16-7-17-19-12)14(20)21-10-5-3-2-4-9(10)6-15/h7,9-10H,2-5H2,1H3,(H,16,17,19)/t9-,10-/m0/s1. The molecule has 7 nitrogen and oxygen atoms in total. The fraction of sp³-hybridized carbons (Fsp3) is 0.500. The van der Waals surface area contributed by atoms with Gasteiger partial charge in [0.2, 0.25) is 0 Å². The van der Waals surface area contributed by atoms with Crippen molar-refractivity contribution in [3.63, 3.8) is 0 Å². The normalized spacial score (nSPS) is 21.3. The lowest BCUT2D eigenvalue weighted by Crippen LogP contribution is -2.29. The highest BCUT2D eigenvalue weighted by molar-refractivity contribution is 7.16. The first-order valence-corrected chi connectivity index (χ1v) is 7.94. The molecule has 0 saturated heterocycles. The van der Waals surface area contributed by atoms with Gasteiger partial charge in [0.1, 0.15) is 17.3 Å². The molecule has 1 aliphatic rings. The van der Waals surface area contributed by atoms with Crippen LogP contribution in [0.2, 0.25) is 0 Å². The van der Waals surface area contributed by atoms with E-state index in [0.717, 1.165) is 25.7 Å². The average Bonchev–Trinajstić information content (AvgIpc) is 3.17. The van der Waals surface area contributed by atoms with Crippen molar-refractivity contribution < 1.29 is 9.53 Å². The average molecular weight is 317 g/mol. The first-order valence-electron chi connectivity index (χ1n) is 7.13. The predicted molar refractivity (Wildman–Crippen MR) is 79.0 cm³/mol. The summed E-state index contributed by atoms with van der Waals surface area (Å²) in [6, 6.07) is 2.24. The summed E-state index contributed by atoms with van der Waals surface area (Å²) in [7, 11) is 0. The summed E-state index contributed by atoms with van der Waals surface area (Å²) in [6.45, 7) is 1.76. The van der Waals surface area contributed by atoms with Crippen molar-refractivity contribution in [1.82, 2.24) is 20.2 Å². The molecule has 2 heterocycles. The number of aromatic amines is 1. The number of aryl methyl sites for hydroxylation is 1. The predicted octanol–water partition coefficient (Wildman–Crippen LogP) is 2.48. The molecule has 0 aliphatic heterocycles. The highest BCUT2D eigenvalue weighted by atomic mass is 32.1. The molecule has 114 valence electrons. The van der Waals surface area contributed by atoms with E-state index >= 15 is 0 Å². The number of esters is 1. The third kappa shape index (κ3) is 2.85. The molecule has 8 heteroatoms. The van der Waals surface area contributed by atoms with Gasteiger partial charge in [0, 0.05) is 0 Å². The molecule has 2 aromatic rings. The molecule has 0 unspecified atom stereocenters. The molecule has 0 spiro atoms. The van der Waals surface area contributed by atoms with E-state index < -0.39 is 5.97 Å². The third-order valence-electron chi connectivity index (χ3n) is 3.73. The molecule has 1 saturated carbocycles. The van der Waals surface area contributed by atoms with Crippen LogP contribution in [0.15, 0.2) is 6.33 Å². The summed E-state index contributed by atoms with van der Waals surface area (Å²) in [5, 5.41) is 16.3. The van der Waals surface area contributed by atoms with E-state index in [1.54, 1.807) is 6.92 Å². The van der Waals surface area contributed by atoms with E-state index in [4.69, 9.17) is 10.00 Å². The van der Waals surface area contributed by atoms with Gasteiger partial charge in [-0.3, -0.25) is 5.10 Å². The zero-order valence-corrected chi connectivity index (χ0v) is 12.9. The minimum absolute atomic E-state index is 0.209. The summed E-state index contributed by atoms with van der Waals surface area (Å²) in [4.78, 5) is 21.2. The molecule has 0 bridgehead atoms. The van der Waals surface area contributed by atoms with Gasteiger partial charge in [-0.15, -0.1) is 11.3 Å². The Labute approximate surface area is 131 Å².